The molecule has 0 N–H and O–H groups in total. The third-order valence-electron chi connectivity index (χ3n) is 4.50. The largest absolute Gasteiger partial charge is 0.488 e. The molecule has 1 aliphatic rings. The third-order valence-corrected chi connectivity index (χ3v) is 6.93. The van der Waals surface area contributed by atoms with Crippen LogP contribution < -0.4 is 4.74 Å². The maximum absolute atomic E-state index is 12.8. The van der Waals surface area contributed by atoms with Gasteiger partial charge >= 0.3 is 5.97 Å². The van der Waals surface area contributed by atoms with Crippen LogP contribution in [0.1, 0.15) is 15.9 Å². The predicted molar refractivity (Wildman–Crippen MR) is 113 cm³/mol. The van der Waals surface area contributed by atoms with Gasteiger partial charge < -0.3 is 14.2 Å². The monoisotopic (exact) mass is 473 g/mol. The van der Waals surface area contributed by atoms with Gasteiger partial charge in [0.05, 0.1) is 28.7 Å². The molecule has 162 valence electrons. The van der Waals surface area contributed by atoms with Crippen molar-refractivity contribution in [2.75, 3.05) is 39.5 Å². The van der Waals surface area contributed by atoms with Crippen LogP contribution in [0.25, 0.3) is 0 Å². The molecule has 0 unspecified atom stereocenters. The Balaban J connectivity index is 1.63. The SMILES string of the molecule is Cc1ccc(S(=O)(=O)N2CCOCC2)cc1C(=O)OCCOc1ccc(Cl)cc1Cl. The Bertz CT molecular complexity index is 1020. The van der Waals surface area contributed by atoms with Gasteiger partial charge in [-0.15, -0.1) is 0 Å². The van der Waals surface area contributed by atoms with Gasteiger partial charge in [0.1, 0.15) is 19.0 Å². The summed E-state index contributed by atoms with van der Waals surface area (Å²) < 4.78 is 42.9. The van der Waals surface area contributed by atoms with E-state index < -0.39 is 16.0 Å². The number of nitrogens with zero attached hydrogens (tertiary/aromatic N) is 1. The molecule has 0 amide bonds. The van der Waals surface area contributed by atoms with Gasteiger partial charge in [-0.05, 0) is 42.8 Å². The topological polar surface area (TPSA) is 82.1 Å². The number of benzene rings is 2. The Morgan fingerprint density at radius 1 is 1.10 bits per heavy atom. The molecule has 2 aromatic rings. The van der Waals surface area contributed by atoms with E-state index in [0.29, 0.717) is 34.6 Å². The van der Waals surface area contributed by atoms with Crippen LogP contribution in [0.5, 0.6) is 5.75 Å². The number of rotatable bonds is 7. The molecule has 1 saturated heterocycles. The summed E-state index contributed by atoms with van der Waals surface area (Å²) in [6.07, 6.45) is 0. The fourth-order valence-electron chi connectivity index (χ4n) is 2.87. The summed E-state index contributed by atoms with van der Waals surface area (Å²) in [5, 5.41) is 0.840. The quantitative estimate of drug-likeness (QED) is 0.451. The van der Waals surface area contributed by atoms with Gasteiger partial charge in [-0.2, -0.15) is 4.31 Å². The summed E-state index contributed by atoms with van der Waals surface area (Å²) in [7, 11) is -3.71. The molecule has 0 bridgehead atoms. The van der Waals surface area contributed by atoms with Gasteiger partial charge in [0.15, 0.2) is 0 Å². The summed E-state index contributed by atoms with van der Waals surface area (Å²) in [5.74, 6) is -0.204. The second-order valence-corrected chi connectivity index (χ2v) is 9.33. The lowest BCUT2D eigenvalue weighted by Gasteiger charge is -2.26. The zero-order valence-corrected chi connectivity index (χ0v) is 18.6. The zero-order chi connectivity index (χ0) is 21.7. The first-order valence-corrected chi connectivity index (χ1v) is 11.4. The highest BCUT2D eigenvalue weighted by Gasteiger charge is 2.27. The minimum absolute atomic E-state index is 0.0301. The van der Waals surface area contributed by atoms with Gasteiger partial charge in [-0.25, -0.2) is 13.2 Å². The summed E-state index contributed by atoms with van der Waals surface area (Å²) in [6.45, 7) is 3.01. The van der Waals surface area contributed by atoms with Crippen molar-refractivity contribution in [2.24, 2.45) is 0 Å². The lowest BCUT2D eigenvalue weighted by molar-refractivity contribution is 0.0449. The van der Waals surface area contributed by atoms with Crippen LogP contribution in [-0.2, 0) is 19.5 Å². The number of carbonyl (C=O) groups is 1. The fraction of sp³-hybridized carbons (Fsp3) is 0.350. The van der Waals surface area contributed by atoms with Crippen LogP contribution in [0.3, 0.4) is 0 Å². The van der Waals surface area contributed by atoms with Crippen LogP contribution in [0.15, 0.2) is 41.3 Å². The van der Waals surface area contributed by atoms with Crippen LogP contribution in [0.2, 0.25) is 10.0 Å². The molecule has 3 rings (SSSR count). The van der Waals surface area contributed by atoms with E-state index in [4.69, 9.17) is 37.4 Å². The first-order chi connectivity index (χ1) is 14.3. The highest BCUT2D eigenvalue weighted by Crippen LogP contribution is 2.27. The van der Waals surface area contributed by atoms with Crippen molar-refractivity contribution in [3.8, 4) is 5.75 Å². The molecule has 0 atom stereocenters. The van der Waals surface area contributed by atoms with Gasteiger partial charge in [0.25, 0.3) is 0 Å². The first kappa shape index (κ1) is 22.8. The van der Waals surface area contributed by atoms with E-state index in [9.17, 15) is 13.2 Å². The van der Waals surface area contributed by atoms with Gasteiger partial charge in [0.2, 0.25) is 10.0 Å². The van der Waals surface area contributed by atoms with E-state index in [2.05, 4.69) is 0 Å². The molecule has 0 saturated carbocycles. The van der Waals surface area contributed by atoms with Crippen molar-refractivity contribution in [3.63, 3.8) is 0 Å². The second-order valence-electron chi connectivity index (χ2n) is 6.55. The predicted octanol–water partition coefficient (Wildman–Crippen LogP) is 3.56. The van der Waals surface area contributed by atoms with Crippen molar-refractivity contribution in [2.45, 2.75) is 11.8 Å². The van der Waals surface area contributed by atoms with E-state index in [1.54, 1.807) is 31.2 Å². The van der Waals surface area contributed by atoms with Crippen LogP contribution in [-0.4, -0.2) is 58.2 Å². The Hall–Kier alpha value is -1.84. The van der Waals surface area contributed by atoms with E-state index in [1.165, 1.54) is 16.4 Å². The molecule has 1 fully saturated rings. The molecule has 2 aromatic carbocycles. The summed E-state index contributed by atoms with van der Waals surface area (Å²) in [4.78, 5) is 12.5. The number of halogens is 2. The van der Waals surface area contributed by atoms with Gasteiger partial charge in [-0.1, -0.05) is 29.3 Å². The van der Waals surface area contributed by atoms with Crippen LogP contribution >= 0.6 is 23.2 Å². The third kappa shape index (κ3) is 5.44. The maximum Gasteiger partial charge on any atom is 0.338 e. The number of ether oxygens (including phenoxy) is 3. The summed E-state index contributed by atoms with van der Waals surface area (Å²) in [6, 6.07) is 9.24. The van der Waals surface area contributed by atoms with Gasteiger partial charge in [0, 0.05) is 18.1 Å². The zero-order valence-electron chi connectivity index (χ0n) is 16.3. The van der Waals surface area contributed by atoms with Crippen molar-refractivity contribution in [1.82, 2.24) is 4.31 Å². The highest BCUT2D eigenvalue weighted by molar-refractivity contribution is 7.89. The molecule has 0 aromatic heterocycles. The molecule has 30 heavy (non-hydrogen) atoms. The minimum Gasteiger partial charge on any atom is -0.488 e. The Morgan fingerprint density at radius 2 is 1.83 bits per heavy atom. The van der Waals surface area contributed by atoms with Crippen molar-refractivity contribution >= 4 is 39.2 Å². The number of morpholine rings is 1. The maximum atomic E-state index is 12.8. The highest BCUT2D eigenvalue weighted by atomic mass is 35.5. The molecule has 1 aliphatic heterocycles. The molecule has 7 nitrogen and oxygen atoms in total. The molecule has 10 heteroatoms. The summed E-state index contributed by atoms with van der Waals surface area (Å²) >= 11 is 11.9. The molecular formula is C20H21Cl2NO6S. The lowest BCUT2D eigenvalue weighted by atomic mass is 10.1. The smallest absolute Gasteiger partial charge is 0.338 e. The van der Waals surface area contributed by atoms with Gasteiger partial charge in [-0.3, -0.25) is 0 Å². The standard InChI is InChI=1S/C20H21Cl2NO6S/c1-14-2-4-16(30(25,26)23-6-8-27-9-7-23)13-17(14)20(24)29-11-10-28-19-5-3-15(21)12-18(19)22/h2-5,12-13H,6-11H2,1H3. The average Bonchev–Trinajstić information content (AvgIpc) is 2.73. The van der Waals surface area contributed by atoms with E-state index in [1.807, 2.05) is 0 Å². The van der Waals surface area contributed by atoms with E-state index in [0.717, 1.165) is 0 Å². The Morgan fingerprint density at radius 3 is 2.53 bits per heavy atom. The lowest BCUT2D eigenvalue weighted by Crippen LogP contribution is -2.40. The minimum atomic E-state index is -3.71. The second kappa shape index (κ2) is 9.98. The number of aryl methyl sites for hydroxylation is 1. The number of hydrogen-bond acceptors (Lipinski definition) is 6. The van der Waals surface area contributed by atoms with Crippen molar-refractivity contribution in [3.05, 3.63) is 57.6 Å². The number of sulfonamides is 1. The van der Waals surface area contributed by atoms with Crippen LogP contribution in [0.4, 0.5) is 0 Å². The molecule has 0 aliphatic carbocycles. The first-order valence-electron chi connectivity index (χ1n) is 9.22. The Kier molecular flexibility index (Phi) is 7.60. The van der Waals surface area contributed by atoms with E-state index >= 15 is 0 Å². The van der Waals surface area contributed by atoms with Crippen molar-refractivity contribution < 1.29 is 27.4 Å². The van der Waals surface area contributed by atoms with Crippen LogP contribution in [0, 0.1) is 6.92 Å². The normalized spacial score (nSPS) is 15.0. The van der Waals surface area contributed by atoms with E-state index in [-0.39, 0.29) is 36.8 Å². The fourth-order valence-corrected chi connectivity index (χ4v) is 4.77. The summed E-state index contributed by atoms with van der Waals surface area (Å²) in [5.41, 5.74) is 0.802. The molecule has 1 heterocycles. The molecular weight excluding hydrogens is 453 g/mol. The molecule has 0 radical (unpaired) electrons. The Labute approximate surface area is 185 Å². The molecule has 0 spiro atoms. The number of carbonyl (C=O) groups excluding carboxylic acids is 1. The number of esters is 1. The average molecular weight is 474 g/mol. The van der Waals surface area contributed by atoms with Crippen molar-refractivity contribution in [1.29, 1.82) is 0 Å². The number of hydrogen-bond donors (Lipinski definition) is 0.